The highest BCUT2D eigenvalue weighted by Crippen LogP contribution is 2.07. The maximum atomic E-state index is 4.04. The molecule has 0 bridgehead atoms. The Labute approximate surface area is 103 Å². The summed E-state index contributed by atoms with van der Waals surface area (Å²) in [4.78, 5) is 4.04. The van der Waals surface area contributed by atoms with E-state index in [0.29, 0.717) is 0 Å². The topological polar surface area (TPSA) is 17.8 Å². The van der Waals surface area contributed by atoms with E-state index in [0.717, 1.165) is 19.4 Å². The lowest BCUT2D eigenvalue weighted by molar-refractivity contribution is 0.797. The van der Waals surface area contributed by atoms with E-state index in [1.807, 2.05) is 18.7 Å². The molecule has 2 aromatic rings. The van der Waals surface area contributed by atoms with Gasteiger partial charge in [-0.1, -0.05) is 43.3 Å². The third kappa shape index (κ3) is 3.59. The van der Waals surface area contributed by atoms with E-state index in [1.165, 1.54) is 11.1 Å². The fourth-order valence-corrected chi connectivity index (χ4v) is 1.76. The first kappa shape index (κ1) is 11.6. The summed E-state index contributed by atoms with van der Waals surface area (Å²) in [6.45, 7) is 3.05. The Bertz CT molecular complexity index is 452. The lowest BCUT2D eigenvalue weighted by Crippen LogP contribution is -1.96. The molecule has 1 aromatic heterocycles. The second kappa shape index (κ2) is 6.04. The van der Waals surface area contributed by atoms with Gasteiger partial charge in [0.1, 0.15) is 0 Å². The van der Waals surface area contributed by atoms with E-state index < -0.39 is 0 Å². The van der Waals surface area contributed by atoms with Crippen molar-refractivity contribution in [2.45, 2.75) is 26.3 Å². The van der Waals surface area contributed by atoms with Crippen LogP contribution in [-0.2, 0) is 13.0 Å². The van der Waals surface area contributed by atoms with E-state index in [1.54, 1.807) is 0 Å². The van der Waals surface area contributed by atoms with Crippen LogP contribution in [0.3, 0.4) is 0 Å². The lowest BCUT2D eigenvalue weighted by atomic mass is 10.1. The van der Waals surface area contributed by atoms with E-state index in [4.69, 9.17) is 0 Å². The lowest BCUT2D eigenvalue weighted by Gasteiger charge is -2.03. The third-order valence-electron chi connectivity index (χ3n) is 2.70. The minimum Gasteiger partial charge on any atom is -0.333 e. The van der Waals surface area contributed by atoms with Crippen LogP contribution in [0.1, 0.15) is 24.5 Å². The van der Waals surface area contributed by atoms with Crippen molar-refractivity contribution in [2.75, 3.05) is 0 Å². The summed E-state index contributed by atoms with van der Waals surface area (Å²) >= 11 is 0. The van der Waals surface area contributed by atoms with Gasteiger partial charge in [-0.25, -0.2) is 4.98 Å². The number of allylic oxidation sites excluding steroid dienone is 2. The summed E-state index contributed by atoms with van der Waals surface area (Å²) in [6.07, 6.45) is 12.2. The molecule has 0 saturated carbocycles. The normalized spacial score (nSPS) is 11.1. The molecule has 0 atom stereocenters. The molecule has 0 saturated heterocycles. The van der Waals surface area contributed by atoms with Gasteiger partial charge in [-0.2, -0.15) is 0 Å². The van der Waals surface area contributed by atoms with Crippen LogP contribution in [0.4, 0.5) is 0 Å². The Kier molecular flexibility index (Phi) is 4.14. The summed E-state index contributed by atoms with van der Waals surface area (Å²) in [6, 6.07) is 8.78. The van der Waals surface area contributed by atoms with Crippen LogP contribution in [0.2, 0.25) is 0 Å². The highest BCUT2D eigenvalue weighted by molar-refractivity contribution is 5.24. The summed E-state index contributed by atoms with van der Waals surface area (Å²) in [7, 11) is 0. The Morgan fingerprint density at radius 1 is 1.12 bits per heavy atom. The molecule has 1 aromatic carbocycles. The maximum absolute atomic E-state index is 4.04. The van der Waals surface area contributed by atoms with Gasteiger partial charge < -0.3 is 4.57 Å². The quantitative estimate of drug-likeness (QED) is 0.714. The van der Waals surface area contributed by atoms with Crippen molar-refractivity contribution in [1.29, 1.82) is 0 Å². The van der Waals surface area contributed by atoms with Crippen LogP contribution < -0.4 is 0 Å². The van der Waals surface area contributed by atoms with Gasteiger partial charge in [0, 0.05) is 18.9 Å². The molecule has 0 spiro atoms. The Hall–Kier alpha value is -1.83. The second-order valence-corrected chi connectivity index (χ2v) is 4.14. The maximum Gasteiger partial charge on any atom is 0.0949 e. The number of hydrogen-bond donors (Lipinski definition) is 0. The number of aromatic nitrogens is 2. The van der Waals surface area contributed by atoms with Crippen molar-refractivity contribution in [3.05, 3.63) is 66.3 Å². The molecule has 0 fully saturated rings. The molecule has 17 heavy (non-hydrogen) atoms. The van der Waals surface area contributed by atoms with Crippen molar-refractivity contribution < 1.29 is 0 Å². The van der Waals surface area contributed by atoms with Crippen LogP contribution in [0.25, 0.3) is 0 Å². The van der Waals surface area contributed by atoms with Gasteiger partial charge in [0.05, 0.1) is 6.33 Å². The molecule has 0 N–H and O–H groups in total. The van der Waals surface area contributed by atoms with Gasteiger partial charge in [-0.3, -0.25) is 0 Å². The zero-order chi connectivity index (χ0) is 11.9. The number of rotatable bonds is 5. The van der Waals surface area contributed by atoms with Gasteiger partial charge >= 0.3 is 0 Å². The molecule has 0 amide bonds. The van der Waals surface area contributed by atoms with Crippen LogP contribution >= 0.6 is 0 Å². The first-order valence-electron chi connectivity index (χ1n) is 6.07. The zero-order valence-corrected chi connectivity index (χ0v) is 10.2. The molecule has 0 radical (unpaired) electrons. The number of imidazole rings is 1. The fourth-order valence-electron chi connectivity index (χ4n) is 1.76. The Morgan fingerprint density at radius 2 is 1.88 bits per heavy atom. The fraction of sp³-hybridized carbons (Fsp3) is 0.267. The van der Waals surface area contributed by atoms with Gasteiger partial charge in [-0.05, 0) is 24.0 Å². The van der Waals surface area contributed by atoms with E-state index in [-0.39, 0.29) is 0 Å². The average molecular weight is 226 g/mol. The molecule has 0 unspecified atom stereocenters. The zero-order valence-electron chi connectivity index (χ0n) is 10.2. The predicted molar refractivity (Wildman–Crippen MR) is 70.9 cm³/mol. The monoisotopic (exact) mass is 226 g/mol. The number of hydrogen-bond acceptors (Lipinski definition) is 1. The highest BCUT2D eigenvalue weighted by atomic mass is 15.0. The first-order valence-corrected chi connectivity index (χ1v) is 6.07. The molecule has 0 aliphatic carbocycles. The summed E-state index contributed by atoms with van der Waals surface area (Å²) in [5, 5.41) is 0. The standard InChI is InChI=1S/C15H18N2/c1-2-3-4-5-14-6-8-15(9-7-14)12-17-11-10-16-13-17/h3-4,6-11,13H,2,5,12H2,1H3/b4-3-. The molecule has 2 nitrogen and oxygen atoms in total. The molecule has 2 rings (SSSR count). The van der Waals surface area contributed by atoms with Crippen molar-refractivity contribution in [3.63, 3.8) is 0 Å². The molecule has 0 aliphatic rings. The molecular formula is C15H18N2. The minimum absolute atomic E-state index is 0.894. The average Bonchev–Trinajstić information content (AvgIpc) is 2.85. The van der Waals surface area contributed by atoms with Crippen LogP contribution in [0, 0.1) is 0 Å². The Morgan fingerprint density at radius 3 is 2.53 bits per heavy atom. The van der Waals surface area contributed by atoms with Gasteiger partial charge in [0.2, 0.25) is 0 Å². The SMILES string of the molecule is CC/C=C\Cc1ccc(Cn2ccnc2)cc1. The van der Waals surface area contributed by atoms with Gasteiger partial charge in [0.15, 0.2) is 0 Å². The minimum atomic E-state index is 0.894. The third-order valence-corrected chi connectivity index (χ3v) is 2.70. The summed E-state index contributed by atoms with van der Waals surface area (Å²) in [5.74, 6) is 0. The van der Waals surface area contributed by atoms with E-state index in [9.17, 15) is 0 Å². The Balaban J connectivity index is 1.95. The molecule has 2 heteroatoms. The van der Waals surface area contributed by atoms with Crippen molar-refractivity contribution >= 4 is 0 Å². The van der Waals surface area contributed by atoms with Gasteiger partial charge in [-0.15, -0.1) is 0 Å². The van der Waals surface area contributed by atoms with Crippen LogP contribution in [0.15, 0.2) is 55.1 Å². The van der Waals surface area contributed by atoms with Crippen molar-refractivity contribution in [3.8, 4) is 0 Å². The highest BCUT2D eigenvalue weighted by Gasteiger charge is 1.95. The molecular weight excluding hydrogens is 208 g/mol. The second-order valence-electron chi connectivity index (χ2n) is 4.14. The summed E-state index contributed by atoms with van der Waals surface area (Å²) < 4.78 is 2.08. The van der Waals surface area contributed by atoms with Gasteiger partial charge in [0.25, 0.3) is 0 Å². The van der Waals surface area contributed by atoms with E-state index in [2.05, 4.69) is 52.9 Å². The largest absolute Gasteiger partial charge is 0.333 e. The van der Waals surface area contributed by atoms with Crippen LogP contribution in [-0.4, -0.2) is 9.55 Å². The molecule has 88 valence electrons. The number of benzene rings is 1. The summed E-state index contributed by atoms with van der Waals surface area (Å²) in [5.41, 5.74) is 2.68. The van der Waals surface area contributed by atoms with Crippen molar-refractivity contribution in [2.24, 2.45) is 0 Å². The van der Waals surface area contributed by atoms with Crippen LogP contribution in [0.5, 0.6) is 0 Å². The predicted octanol–water partition coefficient (Wildman–Crippen LogP) is 3.44. The molecule has 0 aliphatic heterocycles. The first-order chi connectivity index (χ1) is 8.38. The van der Waals surface area contributed by atoms with Crippen molar-refractivity contribution in [1.82, 2.24) is 9.55 Å². The van der Waals surface area contributed by atoms with E-state index >= 15 is 0 Å². The number of nitrogens with zero attached hydrogens (tertiary/aromatic N) is 2. The smallest absolute Gasteiger partial charge is 0.0949 e. The molecule has 1 heterocycles.